The molecule has 0 aliphatic heterocycles. The molecule has 0 aromatic carbocycles. The van der Waals surface area contributed by atoms with Crippen LogP contribution in [0.2, 0.25) is 0 Å². The van der Waals surface area contributed by atoms with Crippen LogP contribution in [0.15, 0.2) is 0 Å². The first-order chi connectivity index (χ1) is 9.18. The standard InChI is InChI=1S/C15H30N2O3/c1-6-10(4)11(5)13(8-14(18)19)17-15(20)12(16)7-9(2)3/h9-13H,6-8,16H2,1-5H3,(H,17,20)(H,18,19). The number of nitrogens with two attached hydrogens (primary N) is 1. The van der Waals surface area contributed by atoms with Gasteiger partial charge in [-0.15, -0.1) is 0 Å². The lowest BCUT2D eigenvalue weighted by Crippen LogP contribution is -2.49. The lowest BCUT2D eigenvalue weighted by molar-refractivity contribution is -0.138. The molecule has 0 radical (unpaired) electrons. The summed E-state index contributed by atoms with van der Waals surface area (Å²) in [6.45, 7) is 10.1. The normalized spacial score (nSPS) is 17.4. The van der Waals surface area contributed by atoms with E-state index in [1.165, 1.54) is 0 Å². The van der Waals surface area contributed by atoms with Crippen LogP contribution in [-0.2, 0) is 9.59 Å². The maximum atomic E-state index is 12.1. The number of carboxylic acids is 1. The van der Waals surface area contributed by atoms with E-state index in [-0.39, 0.29) is 24.3 Å². The van der Waals surface area contributed by atoms with Crippen molar-refractivity contribution in [2.24, 2.45) is 23.5 Å². The highest BCUT2D eigenvalue weighted by molar-refractivity contribution is 5.82. The van der Waals surface area contributed by atoms with E-state index < -0.39 is 12.0 Å². The van der Waals surface area contributed by atoms with Crippen LogP contribution in [-0.4, -0.2) is 29.1 Å². The van der Waals surface area contributed by atoms with Gasteiger partial charge in [0, 0.05) is 6.04 Å². The fourth-order valence-electron chi connectivity index (χ4n) is 2.23. The van der Waals surface area contributed by atoms with E-state index >= 15 is 0 Å². The minimum atomic E-state index is -0.900. The predicted octanol–water partition coefficient (Wildman–Crippen LogP) is 2.00. The third-order valence-electron chi connectivity index (χ3n) is 3.96. The highest BCUT2D eigenvalue weighted by atomic mass is 16.4. The van der Waals surface area contributed by atoms with E-state index in [2.05, 4.69) is 19.2 Å². The van der Waals surface area contributed by atoms with Crippen molar-refractivity contribution >= 4 is 11.9 Å². The lowest BCUT2D eigenvalue weighted by Gasteiger charge is -2.29. The summed E-state index contributed by atoms with van der Waals surface area (Å²) in [5.41, 5.74) is 5.85. The molecule has 0 saturated carbocycles. The second-order valence-electron chi connectivity index (χ2n) is 6.19. The number of carboxylic acid groups (broad SMARTS) is 1. The molecule has 0 heterocycles. The van der Waals surface area contributed by atoms with E-state index in [4.69, 9.17) is 10.8 Å². The van der Waals surface area contributed by atoms with E-state index in [1.807, 2.05) is 20.8 Å². The Kier molecular flexibility index (Phi) is 8.46. The molecule has 0 spiro atoms. The van der Waals surface area contributed by atoms with Gasteiger partial charge in [-0.3, -0.25) is 9.59 Å². The molecule has 0 aliphatic carbocycles. The van der Waals surface area contributed by atoms with Gasteiger partial charge in [-0.05, 0) is 24.2 Å². The van der Waals surface area contributed by atoms with Gasteiger partial charge in [0.25, 0.3) is 0 Å². The van der Waals surface area contributed by atoms with Crippen LogP contribution in [0.3, 0.4) is 0 Å². The maximum absolute atomic E-state index is 12.1. The maximum Gasteiger partial charge on any atom is 0.305 e. The van der Waals surface area contributed by atoms with Crippen LogP contribution in [0.25, 0.3) is 0 Å². The minimum absolute atomic E-state index is 0.0638. The van der Waals surface area contributed by atoms with E-state index in [9.17, 15) is 9.59 Å². The van der Waals surface area contributed by atoms with Gasteiger partial charge < -0.3 is 16.2 Å². The molecule has 20 heavy (non-hydrogen) atoms. The summed E-state index contributed by atoms with van der Waals surface area (Å²) in [4.78, 5) is 23.0. The Morgan fingerprint density at radius 3 is 2.15 bits per heavy atom. The van der Waals surface area contributed by atoms with Crippen molar-refractivity contribution in [1.82, 2.24) is 5.32 Å². The van der Waals surface area contributed by atoms with Gasteiger partial charge in [-0.2, -0.15) is 0 Å². The van der Waals surface area contributed by atoms with Crippen LogP contribution in [0, 0.1) is 17.8 Å². The van der Waals surface area contributed by atoms with E-state index in [0.29, 0.717) is 18.3 Å². The molecule has 4 atom stereocenters. The van der Waals surface area contributed by atoms with Crippen molar-refractivity contribution in [3.05, 3.63) is 0 Å². The summed E-state index contributed by atoms with van der Waals surface area (Å²) in [5, 5.41) is 11.8. The Morgan fingerprint density at radius 2 is 1.75 bits per heavy atom. The first-order valence-corrected chi connectivity index (χ1v) is 7.46. The summed E-state index contributed by atoms with van der Waals surface area (Å²) < 4.78 is 0. The van der Waals surface area contributed by atoms with Crippen LogP contribution >= 0.6 is 0 Å². The Bertz CT molecular complexity index is 318. The monoisotopic (exact) mass is 286 g/mol. The molecule has 5 heteroatoms. The van der Waals surface area contributed by atoms with E-state index in [1.54, 1.807) is 0 Å². The van der Waals surface area contributed by atoms with Crippen molar-refractivity contribution in [2.75, 3.05) is 0 Å². The second kappa shape index (κ2) is 8.95. The van der Waals surface area contributed by atoms with Crippen molar-refractivity contribution in [3.63, 3.8) is 0 Å². The molecule has 4 N–H and O–H groups in total. The quantitative estimate of drug-likeness (QED) is 0.604. The Balaban J connectivity index is 4.72. The zero-order valence-corrected chi connectivity index (χ0v) is 13.3. The summed E-state index contributed by atoms with van der Waals surface area (Å²) in [5.74, 6) is -0.365. The minimum Gasteiger partial charge on any atom is -0.481 e. The average molecular weight is 286 g/mol. The van der Waals surface area contributed by atoms with Gasteiger partial charge in [0.05, 0.1) is 12.5 Å². The fourth-order valence-corrected chi connectivity index (χ4v) is 2.23. The molecule has 1 amide bonds. The zero-order chi connectivity index (χ0) is 15.9. The number of carbonyl (C=O) groups excluding carboxylic acids is 1. The smallest absolute Gasteiger partial charge is 0.305 e. The van der Waals surface area contributed by atoms with Gasteiger partial charge >= 0.3 is 5.97 Å². The fraction of sp³-hybridized carbons (Fsp3) is 0.867. The average Bonchev–Trinajstić information content (AvgIpc) is 2.34. The van der Waals surface area contributed by atoms with Crippen LogP contribution in [0.1, 0.15) is 53.9 Å². The van der Waals surface area contributed by atoms with Gasteiger partial charge in [-0.25, -0.2) is 0 Å². The molecular weight excluding hydrogens is 256 g/mol. The van der Waals surface area contributed by atoms with Crippen LogP contribution in [0.5, 0.6) is 0 Å². The molecule has 0 aromatic heterocycles. The number of carbonyl (C=O) groups is 2. The molecule has 0 fully saturated rings. The zero-order valence-electron chi connectivity index (χ0n) is 13.3. The first kappa shape index (κ1) is 18.9. The van der Waals surface area contributed by atoms with Gasteiger partial charge in [0.2, 0.25) is 5.91 Å². The molecule has 5 nitrogen and oxygen atoms in total. The number of hydrogen-bond donors (Lipinski definition) is 3. The first-order valence-electron chi connectivity index (χ1n) is 7.46. The SMILES string of the molecule is CCC(C)C(C)C(CC(=O)O)NC(=O)C(N)CC(C)C. The number of nitrogens with one attached hydrogen (secondary N) is 1. The van der Waals surface area contributed by atoms with Crippen LogP contribution in [0.4, 0.5) is 0 Å². The molecule has 4 unspecified atom stereocenters. The highest BCUT2D eigenvalue weighted by Crippen LogP contribution is 2.20. The van der Waals surface area contributed by atoms with Crippen LogP contribution < -0.4 is 11.1 Å². The summed E-state index contributed by atoms with van der Waals surface area (Å²) in [7, 11) is 0. The highest BCUT2D eigenvalue weighted by Gasteiger charge is 2.27. The summed E-state index contributed by atoms with van der Waals surface area (Å²) in [6, 6.07) is -0.941. The van der Waals surface area contributed by atoms with E-state index in [0.717, 1.165) is 6.42 Å². The Hall–Kier alpha value is -1.10. The number of amides is 1. The van der Waals surface area contributed by atoms with Crippen molar-refractivity contribution in [2.45, 2.75) is 66.0 Å². The van der Waals surface area contributed by atoms with Gasteiger partial charge in [-0.1, -0.05) is 41.0 Å². The predicted molar refractivity (Wildman–Crippen MR) is 80.2 cm³/mol. The largest absolute Gasteiger partial charge is 0.481 e. The van der Waals surface area contributed by atoms with Crippen molar-refractivity contribution in [3.8, 4) is 0 Å². The Morgan fingerprint density at radius 1 is 1.20 bits per heavy atom. The van der Waals surface area contributed by atoms with Gasteiger partial charge in [0.1, 0.15) is 0 Å². The number of aliphatic carboxylic acids is 1. The third kappa shape index (κ3) is 6.89. The number of rotatable bonds is 9. The van der Waals surface area contributed by atoms with Gasteiger partial charge in [0.15, 0.2) is 0 Å². The topological polar surface area (TPSA) is 92.4 Å². The molecule has 0 aliphatic rings. The second-order valence-corrected chi connectivity index (χ2v) is 6.19. The number of hydrogen-bond acceptors (Lipinski definition) is 3. The third-order valence-corrected chi connectivity index (χ3v) is 3.96. The molecule has 0 saturated heterocycles. The summed E-state index contributed by atoms with van der Waals surface area (Å²) >= 11 is 0. The van der Waals surface area contributed by atoms with Crippen molar-refractivity contribution in [1.29, 1.82) is 0 Å². The molecule has 0 bridgehead atoms. The summed E-state index contributed by atoms with van der Waals surface area (Å²) in [6.07, 6.45) is 1.49. The lowest BCUT2D eigenvalue weighted by atomic mass is 9.85. The van der Waals surface area contributed by atoms with Crippen molar-refractivity contribution < 1.29 is 14.7 Å². The molecule has 118 valence electrons. The Labute approximate surface area is 122 Å². The molecule has 0 aromatic rings. The molecular formula is C15H30N2O3. The molecule has 0 rings (SSSR count).